The fraction of sp³-hybridized carbons (Fsp3) is 0.368. The van der Waals surface area contributed by atoms with Gasteiger partial charge in [-0.2, -0.15) is 0 Å². The van der Waals surface area contributed by atoms with Gasteiger partial charge in [-0.1, -0.05) is 30.3 Å². The number of rotatable bonds is 4. The summed E-state index contributed by atoms with van der Waals surface area (Å²) >= 11 is 6.14. The first kappa shape index (κ1) is 15.6. The summed E-state index contributed by atoms with van der Waals surface area (Å²) in [6.45, 7) is 3.21. The normalized spacial score (nSPS) is 16.7. The second-order valence-corrected chi connectivity index (χ2v) is 6.64. The van der Waals surface area contributed by atoms with Crippen molar-refractivity contribution in [1.82, 2.24) is 19.4 Å². The number of pyridine rings is 1. The lowest BCUT2D eigenvalue weighted by atomic mass is 10.0. The van der Waals surface area contributed by atoms with Gasteiger partial charge in [0, 0.05) is 31.9 Å². The Hall–Kier alpha value is -1.91. The number of aromatic nitrogens is 3. The number of nitrogens with zero attached hydrogens (tertiary/aromatic N) is 4. The first-order chi connectivity index (χ1) is 11.8. The van der Waals surface area contributed by atoms with Gasteiger partial charge < -0.3 is 4.57 Å². The predicted octanol–water partition coefficient (Wildman–Crippen LogP) is 4.01. The summed E-state index contributed by atoms with van der Waals surface area (Å²) in [5.41, 5.74) is 3.29. The Kier molecular flexibility index (Phi) is 4.50. The summed E-state index contributed by atoms with van der Waals surface area (Å²) in [4.78, 5) is 11.7. The highest BCUT2D eigenvalue weighted by molar-refractivity contribution is 6.16. The van der Waals surface area contributed by atoms with Crippen LogP contribution in [0.15, 0.2) is 48.7 Å². The second kappa shape index (κ2) is 6.91. The molecule has 1 fully saturated rings. The third-order valence-electron chi connectivity index (χ3n) is 4.81. The number of benzene rings is 1. The molecule has 1 aliphatic heterocycles. The van der Waals surface area contributed by atoms with Crippen LogP contribution in [-0.2, 0) is 12.4 Å². The van der Waals surface area contributed by atoms with Crippen LogP contribution in [0.2, 0.25) is 0 Å². The van der Waals surface area contributed by atoms with E-state index in [9.17, 15) is 0 Å². The lowest BCUT2D eigenvalue weighted by molar-refractivity contribution is 0.180. The van der Waals surface area contributed by atoms with E-state index in [0.717, 1.165) is 49.5 Å². The van der Waals surface area contributed by atoms with E-state index in [1.165, 1.54) is 5.56 Å². The molecular weight excluding hydrogens is 320 g/mol. The Labute approximate surface area is 147 Å². The summed E-state index contributed by atoms with van der Waals surface area (Å²) in [6, 6.07) is 15.1. The molecule has 1 aromatic carbocycles. The molecule has 1 aliphatic rings. The standard InChI is InChI=1S/C19H21ClN4/c20-13-18-22-17-7-4-10-21-19(17)24(18)16-8-11-23(12-9-16)14-15-5-2-1-3-6-15/h1-7,10,16H,8-9,11-14H2. The maximum atomic E-state index is 6.14. The smallest absolute Gasteiger partial charge is 0.160 e. The molecule has 5 heteroatoms. The Balaban J connectivity index is 1.50. The zero-order chi connectivity index (χ0) is 16.4. The maximum absolute atomic E-state index is 6.14. The Morgan fingerprint density at radius 1 is 1.04 bits per heavy atom. The van der Waals surface area contributed by atoms with E-state index in [1.807, 2.05) is 18.3 Å². The number of hydrogen-bond acceptors (Lipinski definition) is 3. The summed E-state index contributed by atoms with van der Waals surface area (Å²) in [5.74, 6) is 1.37. The van der Waals surface area contributed by atoms with Crippen molar-refractivity contribution in [3.63, 3.8) is 0 Å². The third-order valence-corrected chi connectivity index (χ3v) is 5.05. The van der Waals surface area contributed by atoms with Crippen LogP contribution in [0.1, 0.15) is 30.3 Å². The minimum atomic E-state index is 0.431. The SMILES string of the molecule is ClCc1nc2cccnc2n1C1CCN(Cc2ccccc2)CC1. The molecule has 0 saturated carbocycles. The van der Waals surface area contributed by atoms with Gasteiger partial charge in [0.05, 0.1) is 5.88 Å². The van der Waals surface area contributed by atoms with Gasteiger partial charge >= 0.3 is 0 Å². The molecule has 0 atom stereocenters. The predicted molar refractivity (Wildman–Crippen MR) is 97.1 cm³/mol. The number of likely N-dealkylation sites (tertiary alicyclic amines) is 1. The maximum Gasteiger partial charge on any atom is 0.160 e. The molecule has 4 nitrogen and oxygen atoms in total. The molecule has 0 bridgehead atoms. The van der Waals surface area contributed by atoms with Gasteiger partial charge in [0.2, 0.25) is 0 Å². The van der Waals surface area contributed by atoms with Crippen LogP contribution in [0.4, 0.5) is 0 Å². The lowest BCUT2D eigenvalue weighted by Gasteiger charge is -2.33. The monoisotopic (exact) mass is 340 g/mol. The van der Waals surface area contributed by atoms with E-state index in [1.54, 1.807) is 0 Å². The average Bonchev–Trinajstić information content (AvgIpc) is 3.02. The number of halogens is 1. The van der Waals surface area contributed by atoms with Gasteiger partial charge in [-0.05, 0) is 30.5 Å². The van der Waals surface area contributed by atoms with E-state index in [4.69, 9.17) is 11.6 Å². The van der Waals surface area contributed by atoms with Crippen LogP contribution in [0.3, 0.4) is 0 Å². The molecule has 0 amide bonds. The minimum Gasteiger partial charge on any atom is -0.308 e. The molecule has 2 aromatic heterocycles. The molecule has 0 unspecified atom stereocenters. The third kappa shape index (κ3) is 3.04. The molecule has 1 saturated heterocycles. The highest BCUT2D eigenvalue weighted by Gasteiger charge is 2.24. The molecule has 0 N–H and O–H groups in total. The highest BCUT2D eigenvalue weighted by Crippen LogP contribution is 2.29. The van der Waals surface area contributed by atoms with Crippen LogP contribution < -0.4 is 0 Å². The lowest BCUT2D eigenvalue weighted by Crippen LogP contribution is -2.34. The Morgan fingerprint density at radius 2 is 1.83 bits per heavy atom. The van der Waals surface area contributed by atoms with Gasteiger partial charge in [0.15, 0.2) is 5.65 Å². The van der Waals surface area contributed by atoms with Gasteiger partial charge in [0.1, 0.15) is 11.3 Å². The van der Waals surface area contributed by atoms with E-state index in [-0.39, 0.29) is 0 Å². The van der Waals surface area contributed by atoms with Crippen molar-refractivity contribution in [2.24, 2.45) is 0 Å². The first-order valence-corrected chi connectivity index (χ1v) is 9.02. The zero-order valence-corrected chi connectivity index (χ0v) is 14.4. The molecule has 0 radical (unpaired) electrons. The van der Waals surface area contributed by atoms with Crippen molar-refractivity contribution in [3.8, 4) is 0 Å². The van der Waals surface area contributed by atoms with Gasteiger partial charge in [-0.25, -0.2) is 9.97 Å². The van der Waals surface area contributed by atoms with Crippen molar-refractivity contribution < 1.29 is 0 Å². The van der Waals surface area contributed by atoms with Crippen LogP contribution in [0, 0.1) is 0 Å². The van der Waals surface area contributed by atoms with E-state index < -0.39 is 0 Å². The average molecular weight is 341 g/mol. The highest BCUT2D eigenvalue weighted by atomic mass is 35.5. The van der Waals surface area contributed by atoms with Crippen LogP contribution in [0.5, 0.6) is 0 Å². The van der Waals surface area contributed by atoms with Crippen molar-refractivity contribution in [3.05, 3.63) is 60.0 Å². The van der Waals surface area contributed by atoms with Crippen LogP contribution >= 0.6 is 11.6 Å². The molecule has 0 aliphatic carbocycles. The molecule has 124 valence electrons. The number of alkyl halides is 1. The summed E-state index contributed by atoms with van der Waals surface area (Å²) in [7, 11) is 0. The molecule has 4 rings (SSSR count). The first-order valence-electron chi connectivity index (χ1n) is 8.49. The molecule has 24 heavy (non-hydrogen) atoms. The van der Waals surface area contributed by atoms with Gasteiger partial charge in [-0.15, -0.1) is 11.6 Å². The van der Waals surface area contributed by atoms with Crippen LogP contribution in [-0.4, -0.2) is 32.5 Å². The largest absolute Gasteiger partial charge is 0.308 e. The second-order valence-electron chi connectivity index (χ2n) is 6.37. The molecule has 3 aromatic rings. The fourth-order valence-electron chi connectivity index (χ4n) is 3.63. The van der Waals surface area contributed by atoms with Crippen molar-refractivity contribution in [2.45, 2.75) is 31.3 Å². The fourth-order valence-corrected chi connectivity index (χ4v) is 3.82. The summed E-state index contributed by atoms with van der Waals surface area (Å²) in [6.07, 6.45) is 4.06. The molecule has 0 spiro atoms. The molecule has 3 heterocycles. The number of hydrogen-bond donors (Lipinski definition) is 0. The van der Waals surface area contributed by atoms with E-state index in [0.29, 0.717) is 11.9 Å². The number of piperidine rings is 1. The number of fused-ring (bicyclic) bond motifs is 1. The number of imidazole rings is 1. The van der Waals surface area contributed by atoms with Crippen molar-refractivity contribution >= 4 is 22.8 Å². The zero-order valence-electron chi connectivity index (χ0n) is 13.6. The van der Waals surface area contributed by atoms with E-state index >= 15 is 0 Å². The van der Waals surface area contributed by atoms with Crippen molar-refractivity contribution in [2.75, 3.05) is 13.1 Å². The quantitative estimate of drug-likeness (QED) is 0.673. The summed E-state index contributed by atoms with van der Waals surface area (Å²) < 4.78 is 2.27. The van der Waals surface area contributed by atoms with Crippen LogP contribution in [0.25, 0.3) is 11.2 Å². The topological polar surface area (TPSA) is 34.0 Å². The molecular formula is C19H21ClN4. The van der Waals surface area contributed by atoms with Gasteiger partial charge in [0.25, 0.3) is 0 Å². The Bertz CT molecular complexity index is 807. The van der Waals surface area contributed by atoms with Gasteiger partial charge in [-0.3, -0.25) is 4.90 Å². The van der Waals surface area contributed by atoms with E-state index in [2.05, 4.69) is 49.8 Å². The Morgan fingerprint density at radius 3 is 2.58 bits per heavy atom. The summed E-state index contributed by atoms with van der Waals surface area (Å²) in [5, 5.41) is 0. The minimum absolute atomic E-state index is 0.431. The van der Waals surface area contributed by atoms with Crippen molar-refractivity contribution in [1.29, 1.82) is 0 Å².